The van der Waals surface area contributed by atoms with Gasteiger partial charge in [0.25, 0.3) is 0 Å². The molecule has 3 heterocycles. The van der Waals surface area contributed by atoms with Gasteiger partial charge in [-0.05, 0) is 67.5 Å². The quantitative estimate of drug-likeness (QED) is 0.549. The number of likely N-dealkylation sites (tertiary alicyclic amines) is 1. The molecule has 3 aliphatic heterocycles. The fraction of sp³-hybridized carbons (Fsp3) is 0.385. The number of hydrogen-bond donors (Lipinski definition) is 3. The molecule has 190 valence electrons. The van der Waals surface area contributed by atoms with E-state index in [4.69, 9.17) is 4.74 Å². The van der Waals surface area contributed by atoms with Gasteiger partial charge in [-0.2, -0.15) is 13.2 Å². The fourth-order valence-electron chi connectivity index (χ4n) is 5.02. The summed E-state index contributed by atoms with van der Waals surface area (Å²) in [7, 11) is 0. The summed E-state index contributed by atoms with van der Waals surface area (Å²) in [5.74, 6) is -0.518. The van der Waals surface area contributed by atoms with Gasteiger partial charge in [0.15, 0.2) is 0 Å². The third-order valence-electron chi connectivity index (χ3n) is 6.82. The van der Waals surface area contributed by atoms with Crippen LogP contribution in [0.25, 0.3) is 5.57 Å². The molecule has 10 heteroatoms. The maximum Gasteiger partial charge on any atom is 0.416 e. The van der Waals surface area contributed by atoms with Gasteiger partial charge in [0, 0.05) is 29.6 Å². The summed E-state index contributed by atoms with van der Waals surface area (Å²) in [6.45, 7) is 0.927. The third-order valence-corrected chi connectivity index (χ3v) is 6.82. The number of fused-ring (bicyclic) bond motifs is 2. The Hall–Kier alpha value is -3.37. The average Bonchev–Trinajstić information content (AvgIpc) is 3.14. The Balaban J connectivity index is 1.32. The summed E-state index contributed by atoms with van der Waals surface area (Å²) >= 11 is 0. The number of nitrogens with one attached hydrogen (secondary N) is 2. The molecule has 1 fully saturated rings. The van der Waals surface area contributed by atoms with E-state index in [9.17, 15) is 27.9 Å². The van der Waals surface area contributed by atoms with Crippen molar-refractivity contribution in [2.45, 2.75) is 50.6 Å². The predicted octanol–water partition coefficient (Wildman–Crippen LogP) is 4.18. The SMILES string of the molecule is O=C(/C=C1\CCCOc2cc(C(F)(F)F)ccc21)Nc1ccc2c(c1)NC(=O)C(N1CCC[C@@H]1O)C2. The van der Waals surface area contributed by atoms with Crippen molar-refractivity contribution in [3.8, 4) is 5.75 Å². The number of benzene rings is 2. The second-order valence-corrected chi connectivity index (χ2v) is 9.26. The lowest BCUT2D eigenvalue weighted by atomic mass is 9.97. The number of amides is 2. The summed E-state index contributed by atoms with van der Waals surface area (Å²) in [6.07, 6.45) is -0.717. The van der Waals surface area contributed by atoms with Gasteiger partial charge in [-0.3, -0.25) is 14.5 Å². The Morgan fingerprint density at radius 3 is 2.78 bits per heavy atom. The van der Waals surface area contributed by atoms with E-state index >= 15 is 0 Å². The molecule has 3 N–H and O–H groups in total. The molecule has 0 spiro atoms. The van der Waals surface area contributed by atoms with Gasteiger partial charge in [-0.25, -0.2) is 0 Å². The van der Waals surface area contributed by atoms with E-state index in [1.165, 1.54) is 12.1 Å². The van der Waals surface area contributed by atoms with Crippen LogP contribution in [0.5, 0.6) is 5.75 Å². The second kappa shape index (κ2) is 9.59. The Bertz CT molecular complexity index is 1230. The van der Waals surface area contributed by atoms with Crippen LogP contribution < -0.4 is 15.4 Å². The number of halogens is 3. The van der Waals surface area contributed by atoms with Crippen LogP contribution in [0.1, 0.15) is 42.4 Å². The van der Waals surface area contributed by atoms with E-state index < -0.39 is 29.9 Å². The van der Waals surface area contributed by atoms with Crippen molar-refractivity contribution >= 4 is 28.8 Å². The van der Waals surface area contributed by atoms with Crippen LogP contribution in [0.3, 0.4) is 0 Å². The summed E-state index contributed by atoms with van der Waals surface area (Å²) < 4.78 is 44.8. The summed E-state index contributed by atoms with van der Waals surface area (Å²) in [6, 6.07) is 8.11. The van der Waals surface area contributed by atoms with Crippen LogP contribution in [0.2, 0.25) is 0 Å². The number of carbonyl (C=O) groups excluding carboxylic acids is 2. The molecular formula is C26H26F3N3O4. The molecule has 3 aliphatic rings. The highest BCUT2D eigenvalue weighted by Crippen LogP contribution is 2.38. The summed E-state index contributed by atoms with van der Waals surface area (Å²) in [5, 5.41) is 15.8. The first kappa shape index (κ1) is 24.3. The topological polar surface area (TPSA) is 90.9 Å². The molecule has 0 aliphatic carbocycles. The van der Waals surface area contributed by atoms with Crippen LogP contribution in [-0.4, -0.2) is 47.2 Å². The molecular weight excluding hydrogens is 475 g/mol. The first-order valence-electron chi connectivity index (χ1n) is 11.9. The number of aliphatic hydroxyl groups excluding tert-OH is 1. The zero-order valence-corrected chi connectivity index (χ0v) is 19.4. The Kier molecular flexibility index (Phi) is 6.48. The average molecular weight is 502 g/mol. The summed E-state index contributed by atoms with van der Waals surface area (Å²) in [4.78, 5) is 27.3. The number of alkyl halides is 3. The minimum absolute atomic E-state index is 0.107. The molecule has 0 radical (unpaired) electrons. The second-order valence-electron chi connectivity index (χ2n) is 9.26. The van der Waals surface area contributed by atoms with Gasteiger partial charge in [-0.15, -0.1) is 0 Å². The van der Waals surface area contributed by atoms with Gasteiger partial charge in [0.05, 0.1) is 18.2 Å². The van der Waals surface area contributed by atoms with Gasteiger partial charge in [0.1, 0.15) is 12.0 Å². The number of aliphatic hydroxyl groups is 1. The largest absolute Gasteiger partial charge is 0.493 e. The monoisotopic (exact) mass is 501 g/mol. The highest BCUT2D eigenvalue weighted by Gasteiger charge is 2.37. The molecule has 0 bridgehead atoms. The van der Waals surface area contributed by atoms with Crippen molar-refractivity contribution < 1.29 is 32.6 Å². The van der Waals surface area contributed by atoms with E-state index in [0.29, 0.717) is 54.7 Å². The molecule has 5 rings (SSSR count). The third kappa shape index (κ3) is 4.96. The van der Waals surface area contributed by atoms with Gasteiger partial charge >= 0.3 is 6.18 Å². The highest BCUT2D eigenvalue weighted by atomic mass is 19.4. The number of ether oxygens (including phenoxy) is 1. The zero-order chi connectivity index (χ0) is 25.4. The molecule has 0 saturated carbocycles. The number of allylic oxidation sites excluding steroid dienone is 1. The van der Waals surface area contributed by atoms with Gasteiger partial charge in [-0.1, -0.05) is 12.1 Å². The number of carbonyl (C=O) groups is 2. The molecule has 2 aromatic carbocycles. The highest BCUT2D eigenvalue weighted by molar-refractivity contribution is 6.05. The Morgan fingerprint density at radius 1 is 1.19 bits per heavy atom. The molecule has 2 aromatic rings. The van der Waals surface area contributed by atoms with Crippen LogP contribution in [0.15, 0.2) is 42.5 Å². The number of nitrogens with zero attached hydrogens (tertiary/aromatic N) is 1. The van der Waals surface area contributed by atoms with Crippen LogP contribution >= 0.6 is 0 Å². The van der Waals surface area contributed by atoms with Crippen molar-refractivity contribution in [1.82, 2.24) is 4.90 Å². The van der Waals surface area contributed by atoms with Crippen molar-refractivity contribution in [2.24, 2.45) is 0 Å². The van der Waals surface area contributed by atoms with E-state index in [0.717, 1.165) is 24.1 Å². The van der Waals surface area contributed by atoms with E-state index in [2.05, 4.69) is 10.6 Å². The number of anilines is 2. The van der Waals surface area contributed by atoms with E-state index in [-0.39, 0.29) is 18.3 Å². The normalized spacial score (nSPS) is 23.3. The number of hydrogen-bond acceptors (Lipinski definition) is 5. The van der Waals surface area contributed by atoms with Gasteiger partial charge in [0.2, 0.25) is 11.8 Å². The lowest BCUT2D eigenvalue weighted by Gasteiger charge is -2.33. The molecule has 2 atom stereocenters. The standard InChI is InChI=1S/C26H26F3N3O4/c27-26(28,29)17-6-8-19-15(3-2-10-36-22(19)13-17)12-23(33)30-18-7-5-16-11-21(25(35)31-20(16)14-18)32-9-1-4-24(32)34/h5-8,12-14,21,24,34H,1-4,9-11H2,(H,30,33)(H,31,35)/b15-12+/t21?,24-/m0/s1. The van der Waals surface area contributed by atoms with Crippen molar-refractivity contribution in [1.29, 1.82) is 0 Å². The van der Waals surface area contributed by atoms with E-state index in [1.807, 2.05) is 11.0 Å². The molecule has 7 nitrogen and oxygen atoms in total. The van der Waals surface area contributed by atoms with Crippen LogP contribution in [0, 0.1) is 0 Å². The summed E-state index contributed by atoms with van der Waals surface area (Å²) in [5.41, 5.74) is 2.24. The molecule has 0 aromatic heterocycles. The fourth-order valence-corrected chi connectivity index (χ4v) is 5.02. The maximum atomic E-state index is 13.1. The van der Waals surface area contributed by atoms with Crippen molar-refractivity contribution in [3.05, 3.63) is 59.2 Å². The minimum Gasteiger partial charge on any atom is -0.493 e. The molecule has 1 unspecified atom stereocenters. The molecule has 36 heavy (non-hydrogen) atoms. The van der Waals surface area contributed by atoms with Crippen LogP contribution in [0.4, 0.5) is 24.5 Å². The molecule has 2 amide bonds. The Morgan fingerprint density at radius 2 is 2.03 bits per heavy atom. The number of rotatable bonds is 3. The molecule has 1 saturated heterocycles. The predicted molar refractivity (Wildman–Crippen MR) is 127 cm³/mol. The van der Waals surface area contributed by atoms with E-state index in [1.54, 1.807) is 12.1 Å². The van der Waals surface area contributed by atoms with Crippen molar-refractivity contribution in [3.63, 3.8) is 0 Å². The van der Waals surface area contributed by atoms with Gasteiger partial charge < -0.3 is 20.5 Å². The lowest BCUT2D eigenvalue weighted by molar-refractivity contribution is -0.137. The minimum atomic E-state index is -4.48. The lowest BCUT2D eigenvalue weighted by Crippen LogP contribution is -2.49. The van der Waals surface area contributed by atoms with Crippen LogP contribution in [-0.2, 0) is 22.2 Å². The smallest absolute Gasteiger partial charge is 0.416 e. The maximum absolute atomic E-state index is 13.1. The van der Waals surface area contributed by atoms with Crippen molar-refractivity contribution in [2.75, 3.05) is 23.8 Å². The zero-order valence-electron chi connectivity index (χ0n) is 19.4. The first-order valence-corrected chi connectivity index (χ1v) is 11.9. The Labute approximate surface area is 205 Å². The first-order chi connectivity index (χ1) is 17.2.